The summed E-state index contributed by atoms with van der Waals surface area (Å²) < 4.78 is 2.24. The molecule has 22 heavy (non-hydrogen) atoms. The predicted molar refractivity (Wildman–Crippen MR) is 92.1 cm³/mol. The first kappa shape index (κ1) is 16.3. The molecule has 0 aliphatic heterocycles. The van der Waals surface area contributed by atoms with Gasteiger partial charge in [-0.15, -0.1) is 0 Å². The molecule has 1 heterocycles. The molecular weight excluding hydrogens is 272 g/mol. The van der Waals surface area contributed by atoms with Crippen LogP contribution in [-0.4, -0.2) is 10.5 Å². The fraction of sp³-hybridized carbons (Fsp3) is 0.421. The summed E-state index contributed by atoms with van der Waals surface area (Å²) >= 11 is 0. The van der Waals surface area contributed by atoms with Gasteiger partial charge in [0.2, 0.25) is 0 Å². The first-order valence-electron chi connectivity index (χ1n) is 7.90. The van der Waals surface area contributed by atoms with Crippen LogP contribution in [-0.2, 0) is 6.54 Å². The zero-order valence-electron chi connectivity index (χ0n) is 14.2. The summed E-state index contributed by atoms with van der Waals surface area (Å²) in [6.45, 7) is 11.5. The summed E-state index contributed by atoms with van der Waals surface area (Å²) in [6, 6.07) is 8.16. The van der Waals surface area contributed by atoms with Gasteiger partial charge < -0.3 is 10.3 Å². The average molecular weight is 298 g/mol. The maximum Gasteiger partial charge on any atom is 0.251 e. The highest BCUT2D eigenvalue weighted by Gasteiger charge is 2.23. The van der Waals surface area contributed by atoms with Crippen molar-refractivity contribution in [3.8, 4) is 11.1 Å². The molecule has 0 spiro atoms. The smallest absolute Gasteiger partial charge is 0.251 e. The van der Waals surface area contributed by atoms with E-state index in [2.05, 4.69) is 44.4 Å². The molecule has 0 saturated carbocycles. The SMILES string of the molecule is Cc1ccccc1-c1c(C(N)=O)c(C)n(CCC(C)C)c1C. The van der Waals surface area contributed by atoms with E-state index in [9.17, 15) is 4.79 Å². The van der Waals surface area contributed by atoms with Gasteiger partial charge in [0.05, 0.1) is 5.56 Å². The Morgan fingerprint density at radius 3 is 2.32 bits per heavy atom. The van der Waals surface area contributed by atoms with E-state index in [1.165, 1.54) is 0 Å². The second-order valence-corrected chi connectivity index (χ2v) is 6.43. The number of hydrogen-bond donors (Lipinski definition) is 1. The second kappa shape index (κ2) is 6.39. The zero-order valence-corrected chi connectivity index (χ0v) is 14.2. The van der Waals surface area contributed by atoms with Crippen molar-refractivity contribution in [2.24, 2.45) is 11.7 Å². The molecule has 2 rings (SSSR count). The van der Waals surface area contributed by atoms with Crippen LogP contribution in [0.3, 0.4) is 0 Å². The van der Waals surface area contributed by atoms with Crippen LogP contribution < -0.4 is 5.73 Å². The van der Waals surface area contributed by atoms with Crippen LogP contribution in [0.25, 0.3) is 11.1 Å². The molecular formula is C19H26N2O. The van der Waals surface area contributed by atoms with Gasteiger partial charge in [-0.3, -0.25) is 4.79 Å². The summed E-state index contributed by atoms with van der Waals surface area (Å²) in [5.74, 6) is 0.280. The molecule has 1 aromatic heterocycles. The monoisotopic (exact) mass is 298 g/mol. The van der Waals surface area contributed by atoms with Crippen LogP contribution >= 0.6 is 0 Å². The fourth-order valence-corrected chi connectivity index (χ4v) is 3.09. The number of benzene rings is 1. The minimum Gasteiger partial charge on any atom is -0.366 e. The lowest BCUT2D eigenvalue weighted by atomic mass is 9.96. The van der Waals surface area contributed by atoms with E-state index in [1.54, 1.807) is 0 Å². The Hall–Kier alpha value is -2.03. The number of aromatic nitrogens is 1. The minimum absolute atomic E-state index is 0.345. The third kappa shape index (κ3) is 2.94. The molecule has 0 aliphatic rings. The Balaban J connectivity index is 2.65. The largest absolute Gasteiger partial charge is 0.366 e. The number of nitrogens with zero attached hydrogens (tertiary/aromatic N) is 1. The van der Waals surface area contributed by atoms with Gasteiger partial charge in [-0.25, -0.2) is 0 Å². The highest BCUT2D eigenvalue weighted by molar-refractivity contribution is 6.02. The van der Waals surface area contributed by atoms with Gasteiger partial charge in [-0.05, 0) is 44.2 Å². The quantitative estimate of drug-likeness (QED) is 0.882. The molecule has 0 fully saturated rings. The van der Waals surface area contributed by atoms with Gasteiger partial charge in [0.15, 0.2) is 0 Å². The van der Waals surface area contributed by atoms with Gasteiger partial charge in [-0.2, -0.15) is 0 Å². The van der Waals surface area contributed by atoms with Gasteiger partial charge in [0.1, 0.15) is 0 Å². The summed E-state index contributed by atoms with van der Waals surface area (Å²) in [5, 5.41) is 0. The minimum atomic E-state index is -0.345. The third-order valence-electron chi connectivity index (χ3n) is 4.37. The molecule has 3 heteroatoms. The van der Waals surface area contributed by atoms with Crippen molar-refractivity contribution in [2.75, 3.05) is 0 Å². The van der Waals surface area contributed by atoms with Crippen LogP contribution in [0.5, 0.6) is 0 Å². The van der Waals surface area contributed by atoms with Crippen LogP contribution in [0, 0.1) is 26.7 Å². The van der Waals surface area contributed by atoms with Gasteiger partial charge >= 0.3 is 0 Å². The van der Waals surface area contributed by atoms with Crippen molar-refractivity contribution in [2.45, 2.75) is 47.6 Å². The molecule has 0 saturated heterocycles. The number of aryl methyl sites for hydroxylation is 1. The van der Waals surface area contributed by atoms with E-state index in [1.807, 2.05) is 19.1 Å². The van der Waals surface area contributed by atoms with Crippen LogP contribution in [0.1, 0.15) is 47.6 Å². The lowest BCUT2D eigenvalue weighted by Crippen LogP contribution is -2.14. The number of hydrogen-bond acceptors (Lipinski definition) is 1. The predicted octanol–water partition coefficient (Wildman–Crippen LogP) is 4.23. The Morgan fingerprint density at radius 2 is 1.77 bits per heavy atom. The molecule has 0 atom stereocenters. The molecule has 0 radical (unpaired) electrons. The molecule has 1 aromatic carbocycles. The van der Waals surface area contributed by atoms with E-state index in [4.69, 9.17) is 5.73 Å². The van der Waals surface area contributed by atoms with Crippen molar-refractivity contribution in [3.63, 3.8) is 0 Å². The maximum absolute atomic E-state index is 12.0. The zero-order chi connectivity index (χ0) is 16.4. The van der Waals surface area contributed by atoms with Crippen molar-refractivity contribution in [3.05, 3.63) is 46.8 Å². The van der Waals surface area contributed by atoms with Crippen LogP contribution in [0.2, 0.25) is 0 Å². The van der Waals surface area contributed by atoms with E-state index in [0.717, 1.165) is 41.0 Å². The number of carbonyl (C=O) groups is 1. The van der Waals surface area contributed by atoms with E-state index >= 15 is 0 Å². The lowest BCUT2D eigenvalue weighted by Gasteiger charge is -2.12. The van der Waals surface area contributed by atoms with E-state index in [0.29, 0.717) is 11.5 Å². The summed E-state index contributed by atoms with van der Waals surface area (Å²) in [6.07, 6.45) is 1.09. The van der Waals surface area contributed by atoms with Crippen molar-refractivity contribution in [1.82, 2.24) is 4.57 Å². The van der Waals surface area contributed by atoms with Gasteiger partial charge in [-0.1, -0.05) is 38.1 Å². The molecule has 0 unspecified atom stereocenters. The van der Waals surface area contributed by atoms with E-state index in [-0.39, 0.29) is 5.91 Å². The molecule has 118 valence electrons. The van der Waals surface area contributed by atoms with Crippen molar-refractivity contribution >= 4 is 5.91 Å². The maximum atomic E-state index is 12.0. The van der Waals surface area contributed by atoms with E-state index < -0.39 is 0 Å². The first-order valence-corrected chi connectivity index (χ1v) is 7.90. The molecule has 3 nitrogen and oxygen atoms in total. The van der Waals surface area contributed by atoms with Crippen molar-refractivity contribution in [1.29, 1.82) is 0 Å². The number of primary amides is 1. The number of amides is 1. The third-order valence-corrected chi connectivity index (χ3v) is 4.37. The topological polar surface area (TPSA) is 48.0 Å². The van der Waals surface area contributed by atoms with Crippen LogP contribution in [0.15, 0.2) is 24.3 Å². The highest BCUT2D eigenvalue weighted by atomic mass is 16.1. The first-order chi connectivity index (χ1) is 10.3. The molecule has 0 aliphatic carbocycles. The van der Waals surface area contributed by atoms with Crippen LogP contribution in [0.4, 0.5) is 0 Å². The fourth-order valence-electron chi connectivity index (χ4n) is 3.09. The summed E-state index contributed by atoms with van der Waals surface area (Å²) in [4.78, 5) is 12.0. The summed E-state index contributed by atoms with van der Waals surface area (Å²) in [7, 11) is 0. The Bertz CT molecular complexity index is 696. The summed E-state index contributed by atoms with van der Waals surface area (Å²) in [5.41, 5.74) is 11.7. The van der Waals surface area contributed by atoms with Gasteiger partial charge in [0, 0.05) is 23.5 Å². The molecule has 0 bridgehead atoms. The molecule has 1 amide bonds. The number of carbonyl (C=O) groups excluding carboxylic acids is 1. The number of nitrogens with two attached hydrogens (primary N) is 1. The van der Waals surface area contributed by atoms with Gasteiger partial charge in [0.25, 0.3) is 5.91 Å². The number of rotatable bonds is 5. The Kier molecular flexibility index (Phi) is 4.74. The Morgan fingerprint density at radius 1 is 1.14 bits per heavy atom. The highest BCUT2D eigenvalue weighted by Crippen LogP contribution is 2.34. The second-order valence-electron chi connectivity index (χ2n) is 6.43. The Labute approximate surface area is 133 Å². The lowest BCUT2D eigenvalue weighted by molar-refractivity contribution is 0.1000. The average Bonchev–Trinajstić information content (AvgIpc) is 2.68. The molecule has 2 N–H and O–H groups in total. The standard InChI is InChI=1S/C19H26N2O/c1-12(2)10-11-21-14(4)17(18(15(21)5)19(20)22)16-9-7-6-8-13(16)3/h6-9,12H,10-11H2,1-5H3,(H2,20,22). The van der Waals surface area contributed by atoms with Crippen molar-refractivity contribution < 1.29 is 4.79 Å². The normalized spacial score (nSPS) is 11.2. The molecule has 2 aromatic rings.